The van der Waals surface area contributed by atoms with Crippen molar-refractivity contribution in [2.24, 2.45) is 7.05 Å². The van der Waals surface area contributed by atoms with Gasteiger partial charge in [-0.05, 0) is 29.1 Å². The molecule has 0 spiro atoms. The van der Waals surface area contributed by atoms with Gasteiger partial charge in [-0.2, -0.15) is 0 Å². The van der Waals surface area contributed by atoms with Gasteiger partial charge in [0.2, 0.25) is 5.91 Å². The number of nitrogens with zero attached hydrogens (tertiary/aromatic N) is 2. The van der Waals surface area contributed by atoms with Gasteiger partial charge in [0, 0.05) is 18.6 Å². The summed E-state index contributed by atoms with van der Waals surface area (Å²) in [4.78, 5) is 28.6. The predicted molar refractivity (Wildman–Crippen MR) is 98.9 cm³/mol. The maximum atomic E-state index is 12.2. The lowest BCUT2D eigenvalue weighted by Gasteiger charge is -2.08. The quantitative estimate of drug-likeness (QED) is 0.546. The summed E-state index contributed by atoms with van der Waals surface area (Å²) in [6.45, 7) is 0.437. The first-order valence-corrected chi connectivity index (χ1v) is 9.37. The van der Waals surface area contributed by atoms with E-state index in [0.29, 0.717) is 26.9 Å². The lowest BCUT2D eigenvalue weighted by Crippen LogP contribution is -2.25. The monoisotopic (exact) mass is 379 g/mol. The number of rotatable bonds is 5. The Bertz CT molecular complexity index is 935. The van der Waals surface area contributed by atoms with Crippen LogP contribution in [-0.2, 0) is 18.4 Å². The summed E-state index contributed by atoms with van der Waals surface area (Å²) in [5, 5.41) is 5.88. The molecule has 1 amide bonds. The molecule has 0 atom stereocenters. The summed E-state index contributed by atoms with van der Waals surface area (Å²) in [7, 11) is 1.67. The molecule has 0 saturated carbocycles. The zero-order valence-corrected chi connectivity index (χ0v) is 15.2. The van der Waals surface area contributed by atoms with Crippen molar-refractivity contribution in [2.45, 2.75) is 11.7 Å². The van der Waals surface area contributed by atoms with E-state index in [1.807, 2.05) is 23.6 Å². The fraction of sp³-hybridized carbons (Fsp3) is 0.188. The van der Waals surface area contributed by atoms with Crippen molar-refractivity contribution < 1.29 is 4.79 Å². The molecular formula is C16H14ClN3O2S2. The third-order valence-electron chi connectivity index (χ3n) is 3.38. The largest absolute Gasteiger partial charge is 0.351 e. The summed E-state index contributed by atoms with van der Waals surface area (Å²) in [6, 6.07) is 9.12. The number of thioether (sulfide) groups is 1. The smallest absolute Gasteiger partial charge is 0.271 e. The molecule has 8 heteroatoms. The Kier molecular flexibility index (Phi) is 5.23. The number of aromatic nitrogens is 2. The fourth-order valence-electron chi connectivity index (χ4n) is 2.08. The number of hydrogen-bond donors (Lipinski definition) is 1. The van der Waals surface area contributed by atoms with E-state index in [1.54, 1.807) is 19.2 Å². The van der Waals surface area contributed by atoms with Crippen LogP contribution in [0.2, 0.25) is 5.02 Å². The molecule has 1 N–H and O–H groups in total. The average molecular weight is 380 g/mol. The second-order valence-electron chi connectivity index (χ2n) is 5.09. The Morgan fingerprint density at radius 1 is 1.33 bits per heavy atom. The predicted octanol–water partition coefficient (Wildman–Crippen LogP) is 3.06. The number of halogens is 1. The highest BCUT2D eigenvalue weighted by Crippen LogP contribution is 2.20. The van der Waals surface area contributed by atoms with Gasteiger partial charge in [-0.15, -0.1) is 11.3 Å². The summed E-state index contributed by atoms with van der Waals surface area (Å²) in [6.07, 6.45) is 0. The van der Waals surface area contributed by atoms with Crippen molar-refractivity contribution >= 4 is 50.8 Å². The van der Waals surface area contributed by atoms with Crippen LogP contribution in [0.1, 0.15) is 5.56 Å². The number of carbonyl (C=O) groups is 1. The minimum absolute atomic E-state index is 0.0842. The molecule has 0 aliphatic carbocycles. The van der Waals surface area contributed by atoms with Crippen molar-refractivity contribution in [1.82, 2.24) is 14.9 Å². The molecule has 124 valence electrons. The molecule has 0 aliphatic rings. The van der Waals surface area contributed by atoms with Crippen LogP contribution in [0.25, 0.3) is 10.2 Å². The van der Waals surface area contributed by atoms with Gasteiger partial charge in [0.15, 0.2) is 5.16 Å². The molecular weight excluding hydrogens is 366 g/mol. The highest BCUT2D eigenvalue weighted by molar-refractivity contribution is 7.99. The lowest BCUT2D eigenvalue weighted by molar-refractivity contribution is -0.118. The van der Waals surface area contributed by atoms with E-state index in [-0.39, 0.29) is 17.2 Å². The Hall–Kier alpha value is -1.83. The molecule has 0 fully saturated rings. The number of amides is 1. The van der Waals surface area contributed by atoms with E-state index >= 15 is 0 Å². The Morgan fingerprint density at radius 2 is 2.08 bits per heavy atom. The van der Waals surface area contributed by atoms with Gasteiger partial charge in [-0.3, -0.25) is 14.2 Å². The first-order valence-electron chi connectivity index (χ1n) is 7.13. The van der Waals surface area contributed by atoms with Gasteiger partial charge >= 0.3 is 0 Å². The van der Waals surface area contributed by atoms with Crippen molar-refractivity contribution in [3.8, 4) is 0 Å². The van der Waals surface area contributed by atoms with Gasteiger partial charge < -0.3 is 5.32 Å². The summed E-state index contributed by atoms with van der Waals surface area (Å²) in [5.74, 6) is 0.0818. The number of nitrogens with one attached hydrogen (secondary N) is 1. The van der Waals surface area contributed by atoms with E-state index < -0.39 is 0 Å². The number of thiophene rings is 1. The molecule has 3 aromatic rings. The van der Waals surface area contributed by atoms with E-state index in [1.165, 1.54) is 27.7 Å². The topological polar surface area (TPSA) is 64.0 Å². The zero-order chi connectivity index (χ0) is 17.1. The van der Waals surface area contributed by atoms with Gasteiger partial charge in [0.25, 0.3) is 5.56 Å². The molecule has 0 radical (unpaired) electrons. The molecule has 3 rings (SSSR count). The van der Waals surface area contributed by atoms with Crippen LogP contribution in [0.3, 0.4) is 0 Å². The van der Waals surface area contributed by atoms with Crippen LogP contribution in [-0.4, -0.2) is 21.2 Å². The standard InChI is InChI=1S/C16H14ClN3O2S2/c1-20-15(22)14-12(6-7-23-14)19-16(20)24-9-13(21)18-8-10-2-4-11(17)5-3-10/h2-7H,8-9H2,1H3,(H,18,21). The molecule has 0 saturated heterocycles. The summed E-state index contributed by atoms with van der Waals surface area (Å²) < 4.78 is 2.12. The van der Waals surface area contributed by atoms with Gasteiger partial charge in [-0.1, -0.05) is 35.5 Å². The molecule has 0 bridgehead atoms. The third-order valence-corrected chi connectivity index (χ3v) is 5.56. The minimum atomic E-state index is -0.116. The molecule has 24 heavy (non-hydrogen) atoms. The van der Waals surface area contributed by atoms with E-state index in [2.05, 4.69) is 10.3 Å². The molecule has 5 nitrogen and oxygen atoms in total. The molecule has 2 aromatic heterocycles. The Morgan fingerprint density at radius 3 is 2.83 bits per heavy atom. The van der Waals surface area contributed by atoms with Crippen LogP contribution in [0.4, 0.5) is 0 Å². The van der Waals surface area contributed by atoms with Crippen LogP contribution < -0.4 is 10.9 Å². The molecule has 0 unspecified atom stereocenters. The van der Waals surface area contributed by atoms with Crippen molar-refractivity contribution in [1.29, 1.82) is 0 Å². The fourth-order valence-corrected chi connectivity index (χ4v) is 3.81. The summed E-state index contributed by atoms with van der Waals surface area (Å²) in [5.41, 5.74) is 1.56. The van der Waals surface area contributed by atoms with Crippen LogP contribution in [0, 0.1) is 0 Å². The normalized spacial score (nSPS) is 10.9. The lowest BCUT2D eigenvalue weighted by atomic mass is 10.2. The van der Waals surface area contributed by atoms with Crippen molar-refractivity contribution in [3.63, 3.8) is 0 Å². The maximum Gasteiger partial charge on any atom is 0.271 e. The minimum Gasteiger partial charge on any atom is -0.351 e. The first-order chi connectivity index (χ1) is 11.5. The number of carbonyl (C=O) groups excluding carboxylic acids is 1. The summed E-state index contributed by atoms with van der Waals surface area (Å²) >= 11 is 8.45. The van der Waals surface area contributed by atoms with Gasteiger partial charge in [0.05, 0.1) is 11.3 Å². The highest BCUT2D eigenvalue weighted by atomic mass is 35.5. The van der Waals surface area contributed by atoms with Gasteiger partial charge in [0.1, 0.15) is 4.70 Å². The highest BCUT2D eigenvalue weighted by Gasteiger charge is 2.11. The van der Waals surface area contributed by atoms with Gasteiger partial charge in [-0.25, -0.2) is 4.98 Å². The Balaban J connectivity index is 1.61. The molecule has 2 heterocycles. The van der Waals surface area contributed by atoms with Crippen molar-refractivity contribution in [2.75, 3.05) is 5.75 Å². The van der Waals surface area contributed by atoms with E-state index in [9.17, 15) is 9.59 Å². The average Bonchev–Trinajstić information content (AvgIpc) is 3.05. The van der Waals surface area contributed by atoms with Crippen molar-refractivity contribution in [3.05, 3.63) is 56.7 Å². The Labute approximate surface area is 151 Å². The second kappa shape index (κ2) is 7.38. The number of hydrogen-bond acceptors (Lipinski definition) is 5. The third kappa shape index (κ3) is 3.80. The van der Waals surface area contributed by atoms with E-state index in [0.717, 1.165) is 5.56 Å². The van der Waals surface area contributed by atoms with Crippen LogP contribution in [0.5, 0.6) is 0 Å². The molecule has 1 aromatic carbocycles. The zero-order valence-electron chi connectivity index (χ0n) is 12.8. The second-order valence-corrected chi connectivity index (χ2v) is 7.38. The van der Waals surface area contributed by atoms with Crippen LogP contribution in [0.15, 0.2) is 45.7 Å². The number of fused-ring (bicyclic) bond motifs is 1. The first kappa shape index (κ1) is 17.0. The SMILES string of the molecule is Cn1c(SCC(=O)NCc2ccc(Cl)cc2)nc2ccsc2c1=O. The molecule has 0 aliphatic heterocycles. The van der Waals surface area contributed by atoms with E-state index in [4.69, 9.17) is 11.6 Å². The maximum absolute atomic E-state index is 12.2. The van der Waals surface area contributed by atoms with Crippen LogP contribution >= 0.6 is 34.7 Å². The number of benzene rings is 1.